The Labute approximate surface area is 173 Å². The Bertz CT molecular complexity index is 1100. The van der Waals surface area contributed by atoms with E-state index in [1.165, 1.54) is 17.8 Å². The summed E-state index contributed by atoms with van der Waals surface area (Å²) in [5.74, 6) is -0.368. The van der Waals surface area contributed by atoms with Crippen molar-refractivity contribution in [3.8, 4) is 11.3 Å². The van der Waals surface area contributed by atoms with E-state index < -0.39 is 5.82 Å². The molecule has 2 N–H and O–H groups in total. The summed E-state index contributed by atoms with van der Waals surface area (Å²) in [5, 5.41) is 9.55. The summed E-state index contributed by atoms with van der Waals surface area (Å²) < 4.78 is 14.1. The van der Waals surface area contributed by atoms with E-state index in [-0.39, 0.29) is 41.4 Å². The number of aromatic amines is 1. The summed E-state index contributed by atoms with van der Waals surface area (Å²) >= 11 is 0. The summed E-state index contributed by atoms with van der Waals surface area (Å²) in [6.45, 7) is 0.492. The van der Waals surface area contributed by atoms with E-state index in [4.69, 9.17) is 0 Å². The van der Waals surface area contributed by atoms with Crippen molar-refractivity contribution in [2.45, 2.75) is 30.8 Å². The Morgan fingerprint density at radius 2 is 1.90 bits per heavy atom. The van der Waals surface area contributed by atoms with Crippen molar-refractivity contribution in [3.05, 3.63) is 77.7 Å². The third-order valence-corrected chi connectivity index (χ3v) is 5.91. The second-order valence-corrected chi connectivity index (χ2v) is 7.88. The van der Waals surface area contributed by atoms with Gasteiger partial charge in [-0.05, 0) is 24.1 Å². The van der Waals surface area contributed by atoms with Crippen LogP contribution in [0.15, 0.2) is 60.8 Å². The molecule has 152 valence electrons. The van der Waals surface area contributed by atoms with Crippen LogP contribution in [0.1, 0.15) is 34.7 Å². The molecule has 0 spiro atoms. The second-order valence-electron chi connectivity index (χ2n) is 7.88. The van der Waals surface area contributed by atoms with Crippen LogP contribution in [0.2, 0.25) is 0 Å². The van der Waals surface area contributed by atoms with Gasteiger partial charge in [-0.15, -0.1) is 0 Å². The number of amides is 2. The summed E-state index contributed by atoms with van der Waals surface area (Å²) in [4.78, 5) is 27.3. The van der Waals surface area contributed by atoms with E-state index in [1.54, 1.807) is 18.2 Å². The zero-order valence-electron chi connectivity index (χ0n) is 16.2. The van der Waals surface area contributed by atoms with Crippen molar-refractivity contribution < 1.29 is 14.0 Å². The van der Waals surface area contributed by atoms with E-state index in [0.29, 0.717) is 18.2 Å². The Morgan fingerprint density at radius 1 is 1.13 bits per heavy atom. The zero-order valence-corrected chi connectivity index (χ0v) is 16.2. The lowest BCUT2D eigenvalue weighted by atomic mass is 10.1. The van der Waals surface area contributed by atoms with Crippen LogP contribution in [0.5, 0.6) is 0 Å². The average Bonchev–Trinajstić information content (AvgIpc) is 3.23. The molecule has 6 nitrogen and oxygen atoms in total. The van der Waals surface area contributed by atoms with Gasteiger partial charge in [0.15, 0.2) is 0 Å². The summed E-state index contributed by atoms with van der Waals surface area (Å²) in [6.07, 6.45) is 2.62. The number of nitrogens with one attached hydrogen (secondary N) is 2. The molecule has 5 rings (SSSR count). The number of likely N-dealkylation sites (tertiary alicyclic amines) is 1. The first-order valence-corrected chi connectivity index (χ1v) is 10.1. The van der Waals surface area contributed by atoms with Crippen LogP contribution >= 0.6 is 0 Å². The molecular formula is C23H21FN4O2. The van der Waals surface area contributed by atoms with Crippen LogP contribution < -0.4 is 5.32 Å². The fourth-order valence-corrected chi connectivity index (χ4v) is 4.32. The molecule has 0 bridgehead atoms. The Kier molecular flexibility index (Phi) is 4.58. The number of hydrogen-bond donors (Lipinski definition) is 2. The van der Waals surface area contributed by atoms with Gasteiger partial charge in [0.1, 0.15) is 5.82 Å². The lowest BCUT2D eigenvalue weighted by molar-refractivity contribution is -0.128. The van der Waals surface area contributed by atoms with Gasteiger partial charge in [0.25, 0.3) is 5.91 Å². The van der Waals surface area contributed by atoms with Gasteiger partial charge in [0.05, 0.1) is 23.5 Å². The molecule has 3 unspecified atom stereocenters. The number of nitrogens with zero attached hydrogens (tertiary/aromatic N) is 2. The monoisotopic (exact) mass is 404 g/mol. The van der Waals surface area contributed by atoms with Crippen molar-refractivity contribution in [3.63, 3.8) is 0 Å². The second kappa shape index (κ2) is 7.40. The van der Waals surface area contributed by atoms with Gasteiger partial charge in [0.2, 0.25) is 5.91 Å². The Hall–Kier alpha value is -3.48. The molecule has 1 saturated heterocycles. The number of rotatable bonds is 5. The summed E-state index contributed by atoms with van der Waals surface area (Å²) in [5.41, 5.74) is 2.13. The minimum Gasteiger partial charge on any atom is -0.347 e. The predicted molar refractivity (Wildman–Crippen MR) is 109 cm³/mol. The van der Waals surface area contributed by atoms with Crippen molar-refractivity contribution in [2.75, 3.05) is 6.54 Å². The summed E-state index contributed by atoms with van der Waals surface area (Å²) in [6, 6.07) is 16.3. The summed E-state index contributed by atoms with van der Waals surface area (Å²) in [7, 11) is 0. The number of halogens is 1. The van der Waals surface area contributed by atoms with Gasteiger partial charge in [-0.3, -0.25) is 14.7 Å². The van der Waals surface area contributed by atoms with Crippen molar-refractivity contribution in [1.82, 2.24) is 20.4 Å². The molecular weight excluding hydrogens is 383 g/mol. The first-order valence-electron chi connectivity index (χ1n) is 10.1. The van der Waals surface area contributed by atoms with Gasteiger partial charge >= 0.3 is 0 Å². The molecule has 2 fully saturated rings. The van der Waals surface area contributed by atoms with E-state index >= 15 is 0 Å². The smallest absolute Gasteiger partial charge is 0.255 e. The molecule has 2 aromatic carbocycles. The van der Waals surface area contributed by atoms with Crippen LogP contribution in [-0.4, -0.2) is 45.5 Å². The molecule has 1 aromatic heterocycles. The average molecular weight is 404 g/mol. The molecule has 1 aliphatic heterocycles. The predicted octanol–water partition coefficient (Wildman–Crippen LogP) is 3.10. The minimum absolute atomic E-state index is 0.0604. The minimum atomic E-state index is -0.432. The maximum atomic E-state index is 14.1. The van der Waals surface area contributed by atoms with Crippen molar-refractivity contribution in [2.24, 2.45) is 0 Å². The standard InChI is InChI=1S/C23H21FN4O2/c24-19-9-5-4-8-16(19)22-18(12-25-27-22)23(30)26-15-10-21(29)28(13-15)20-11-17(20)14-6-2-1-3-7-14/h1-9,12,15,17,20H,10-11,13H2,(H,25,27)(H,26,30). The van der Waals surface area contributed by atoms with E-state index in [9.17, 15) is 14.0 Å². The highest BCUT2D eigenvalue weighted by Crippen LogP contribution is 2.45. The molecule has 7 heteroatoms. The quantitative estimate of drug-likeness (QED) is 0.686. The third kappa shape index (κ3) is 3.36. The first kappa shape index (κ1) is 18.5. The van der Waals surface area contributed by atoms with E-state index in [2.05, 4.69) is 27.6 Å². The maximum absolute atomic E-state index is 14.1. The van der Waals surface area contributed by atoms with E-state index in [0.717, 1.165) is 6.42 Å². The van der Waals surface area contributed by atoms with Crippen LogP contribution in [0, 0.1) is 5.82 Å². The van der Waals surface area contributed by atoms with Gasteiger partial charge in [-0.1, -0.05) is 42.5 Å². The van der Waals surface area contributed by atoms with Crippen molar-refractivity contribution in [1.29, 1.82) is 0 Å². The van der Waals surface area contributed by atoms with Gasteiger partial charge < -0.3 is 10.2 Å². The molecule has 3 atom stereocenters. The Balaban J connectivity index is 1.26. The number of carbonyl (C=O) groups excluding carboxylic acids is 2. The number of benzene rings is 2. The van der Waals surface area contributed by atoms with Gasteiger partial charge in [-0.2, -0.15) is 5.10 Å². The topological polar surface area (TPSA) is 78.1 Å². The van der Waals surface area contributed by atoms with Crippen LogP contribution in [-0.2, 0) is 4.79 Å². The van der Waals surface area contributed by atoms with Gasteiger partial charge in [-0.25, -0.2) is 4.39 Å². The molecule has 30 heavy (non-hydrogen) atoms. The zero-order chi connectivity index (χ0) is 20.7. The maximum Gasteiger partial charge on any atom is 0.255 e. The highest BCUT2D eigenvalue weighted by molar-refractivity contribution is 6.00. The molecule has 0 radical (unpaired) electrons. The molecule has 2 amide bonds. The van der Waals surface area contributed by atoms with E-state index in [1.807, 2.05) is 23.1 Å². The number of H-pyrrole nitrogens is 1. The first-order chi connectivity index (χ1) is 14.6. The lowest BCUT2D eigenvalue weighted by Crippen LogP contribution is -2.37. The molecule has 2 heterocycles. The van der Waals surface area contributed by atoms with Crippen LogP contribution in [0.3, 0.4) is 0 Å². The lowest BCUT2D eigenvalue weighted by Gasteiger charge is -2.17. The van der Waals surface area contributed by atoms with Crippen LogP contribution in [0.4, 0.5) is 4.39 Å². The highest BCUT2D eigenvalue weighted by atomic mass is 19.1. The Morgan fingerprint density at radius 3 is 2.70 bits per heavy atom. The fourth-order valence-electron chi connectivity index (χ4n) is 4.32. The third-order valence-electron chi connectivity index (χ3n) is 5.91. The normalized spacial score (nSPS) is 22.9. The number of carbonyl (C=O) groups is 2. The largest absolute Gasteiger partial charge is 0.347 e. The molecule has 2 aliphatic rings. The molecule has 1 aliphatic carbocycles. The fraction of sp³-hybridized carbons (Fsp3) is 0.261. The van der Waals surface area contributed by atoms with Crippen LogP contribution in [0.25, 0.3) is 11.3 Å². The molecule has 3 aromatic rings. The highest BCUT2D eigenvalue weighted by Gasteiger charge is 2.48. The van der Waals surface area contributed by atoms with Crippen molar-refractivity contribution >= 4 is 11.8 Å². The molecule has 1 saturated carbocycles. The number of aromatic nitrogens is 2. The van der Waals surface area contributed by atoms with Gasteiger partial charge in [0, 0.05) is 30.5 Å². The SMILES string of the molecule is O=C(NC1CC(=O)N(C2CC2c2ccccc2)C1)c1cn[nH]c1-c1ccccc1F. The number of hydrogen-bond acceptors (Lipinski definition) is 3.